The van der Waals surface area contributed by atoms with Crippen LogP contribution >= 0.6 is 35.1 Å². The van der Waals surface area contributed by atoms with Crippen molar-refractivity contribution in [2.45, 2.75) is 68.0 Å². The Hall–Kier alpha value is -1.78. The molecule has 2 fully saturated rings. The van der Waals surface area contributed by atoms with E-state index in [0.717, 1.165) is 73.2 Å². The quantitative estimate of drug-likeness (QED) is 0.252. The maximum atomic E-state index is 13.8. The van der Waals surface area contributed by atoms with Gasteiger partial charge < -0.3 is 14.4 Å². The zero-order valence-electron chi connectivity index (χ0n) is 28.4. The molecule has 2 bridgehead atoms. The van der Waals surface area contributed by atoms with Crippen molar-refractivity contribution in [1.82, 2.24) is 4.72 Å². The molecule has 3 heterocycles. The van der Waals surface area contributed by atoms with Gasteiger partial charge in [0, 0.05) is 51.7 Å². The van der Waals surface area contributed by atoms with E-state index >= 15 is 0 Å². The highest BCUT2D eigenvalue weighted by molar-refractivity contribution is 8.17. The number of fused-ring (bicyclic) bond motifs is 4. The summed E-state index contributed by atoms with van der Waals surface area (Å²) >= 11 is 10.6. The minimum atomic E-state index is -2.88. The Bertz CT molecular complexity index is 1680. The highest BCUT2D eigenvalue weighted by Gasteiger charge is 2.53. The number of nitrogens with zero attached hydrogens (tertiary/aromatic N) is 1. The summed E-state index contributed by atoms with van der Waals surface area (Å²) in [5.74, 6) is 7.99. The van der Waals surface area contributed by atoms with Crippen LogP contribution in [0, 0.1) is 23.7 Å². The number of hydrogen-bond acceptors (Lipinski definition) is 7. The predicted molar refractivity (Wildman–Crippen MR) is 205 cm³/mol. The van der Waals surface area contributed by atoms with Gasteiger partial charge in [-0.3, -0.25) is 9.52 Å². The first-order valence-electron chi connectivity index (χ1n) is 17.5. The normalized spacial score (nSPS) is 36.5. The van der Waals surface area contributed by atoms with Crippen LogP contribution in [0.5, 0.6) is 5.75 Å². The van der Waals surface area contributed by atoms with Crippen LogP contribution in [-0.2, 0) is 26.3 Å². The second kappa shape index (κ2) is 13.7. The Morgan fingerprint density at radius 2 is 1.94 bits per heavy atom. The lowest BCUT2D eigenvalue weighted by molar-refractivity contribution is -0.0640. The Morgan fingerprint density at radius 1 is 1.12 bits per heavy atom. The molecular weight excluding hydrogens is 680 g/mol. The van der Waals surface area contributed by atoms with Gasteiger partial charge in [0.1, 0.15) is 11.4 Å². The number of hydrogen-bond donors (Lipinski definition) is 1. The molecule has 0 aromatic heterocycles. The monoisotopic (exact) mass is 728 g/mol. The molecule has 260 valence electrons. The maximum Gasteiger partial charge on any atom is 0.262 e. The van der Waals surface area contributed by atoms with Crippen molar-refractivity contribution in [3.63, 3.8) is 0 Å². The summed E-state index contributed by atoms with van der Waals surface area (Å²) in [5, 5.41) is 0.773. The topological polar surface area (TPSA) is 67.9 Å². The summed E-state index contributed by atoms with van der Waals surface area (Å²) < 4.78 is 30.3. The van der Waals surface area contributed by atoms with Gasteiger partial charge in [-0.25, -0.2) is 4.21 Å². The van der Waals surface area contributed by atoms with Crippen molar-refractivity contribution in [3.8, 4) is 5.75 Å². The first-order valence-corrected chi connectivity index (χ1v) is 21.9. The standard InChI is InChI=1S/C38H49ClN2O4S3/c1-25-14-16-38(44-3,36-46-17-6-18-47-36)32-11-8-29(32)21-41-23-37(15-5-7-27-19-30(39)10-12-31(27)37)24-45-34-13-9-28(20-33(34)41)35(42)40-48(4,43)22-26(25)2/h9-10,12-14,16,19-20,25-26,29,32,36H,4-8,11,15,17-18,21-24H2,1-3H3,(H,40,42,43)/b16-14+/t25-,26+,29-,32+,37-,38-,48?/m0/s1. The van der Waals surface area contributed by atoms with Crippen LogP contribution in [0.25, 0.3) is 0 Å². The van der Waals surface area contributed by atoms with E-state index in [4.69, 9.17) is 21.1 Å². The first kappa shape index (κ1) is 34.7. The van der Waals surface area contributed by atoms with E-state index in [2.05, 4.69) is 53.6 Å². The molecule has 5 aliphatic rings. The number of carbonyl (C=O) groups is 1. The Morgan fingerprint density at radius 3 is 2.69 bits per heavy atom. The fraction of sp³-hybridized carbons (Fsp3) is 0.579. The van der Waals surface area contributed by atoms with Crippen molar-refractivity contribution in [3.05, 3.63) is 70.3 Å². The number of carbonyl (C=O) groups excluding carboxylic acids is 1. The second-order valence-corrected chi connectivity index (χ2v) is 20.1. The van der Waals surface area contributed by atoms with E-state index in [1.807, 2.05) is 48.8 Å². The van der Waals surface area contributed by atoms with Crippen molar-refractivity contribution in [1.29, 1.82) is 0 Å². The van der Waals surface area contributed by atoms with E-state index < -0.39 is 15.3 Å². The smallest absolute Gasteiger partial charge is 0.262 e. The third-order valence-corrected chi connectivity index (χ3v) is 16.7. The highest BCUT2D eigenvalue weighted by Crippen LogP contribution is 2.54. The number of thioether (sulfide) groups is 2. The van der Waals surface area contributed by atoms with Crippen LogP contribution in [0.4, 0.5) is 5.69 Å². The maximum absolute atomic E-state index is 13.8. The summed E-state index contributed by atoms with van der Waals surface area (Å²) in [6, 6.07) is 12.0. The number of methoxy groups -OCH3 is 1. The van der Waals surface area contributed by atoms with E-state index in [-0.39, 0.29) is 23.2 Å². The van der Waals surface area contributed by atoms with Crippen LogP contribution in [0.1, 0.15) is 67.4 Å². The van der Waals surface area contributed by atoms with E-state index in [9.17, 15) is 9.00 Å². The average molecular weight is 729 g/mol. The molecule has 1 amide bonds. The minimum Gasteiger partial charge on any atom is -0.490 e. The van der Waals surface area contributed by atoms with E-state index in [1.165, 1.54) is 17.5 Å². The zero-order chi connectivity index (χ0) is 33.7. The zero-order valence-corrected chi connectivity index (χ0v) is 31.6. The first-order chi connectivity index (χ1) is 23.0. The van der Waals surface area contributed by atoms with Gasteiger partial charge in [-0.2, -0.15) is 0 Å². The molecule has 1 saturated carbocycles. The third-order valence-electron chi connectivity index (χ3n) is 11.7. The van der Waals surface area contributed by atoms with Gasteiger partial charge in [0.2, 0.25) is 0 Å². The number of halogens is 1. The summed E-state index contributed by atoms with van der Waals surface area (Å²) in [6.07, 6.45) is 11.2. The number of allylic oxidation sites excluding steroid dienone is 1. The lowest BCUT2D eigenvalue weighted by Crippen LogP contribution is -2.56. The summed E-state index contributed by atoms with van der Waals surface area (Å²) in [6.45, 7) is 6.47. The van der Waals surface area contributed by atoms with Gasteiger partial charge in [0.05, 0.1) is 16.9 Å². The number of benzene rings is 2. The number of ether oxygens (including phenoxy) is 2. The fourth-order valence-electron chi connectivity index (χ4n) is 8.70. The number of amides is 1. The molecule has 7 rings (SSSR count). The minimum absolute atomic E-state index is 0.0539. The second-order valence-electron chi connectivity index (χ2n) is 14.8. The molecule has 48 heavy (non-hydrogen) atoms. The van der Waals surface area contributed by atoms with Crippen LogP contribution < -0.4 is 14.4 Å². The number of anilines is 1. The molecule has 3 aliphatic heterocycles. The third kappa shape index (κ3) is 6.56. The highest BCUT2D eigenvalue weighted by atomic mass is 35.5. The van der Waals surface area contributed by atoms with Crippen molar-refractivity contribution in [2.24, 2.45) is 23.7 Å². The van der Waals surface area contributed by atoms with Gasteiger partial charge in [-0.1, -0.05) is 43.7 Å². The molecule has 2 aromatic rings. The van der Waals surface area contributed by atoms with Crippen LogP contribution in [0.15, 0.2) is 48.6 Å². The summed E-state index contributed by atoms with van der Waals surface area (Å²) in [5.41, 5.74) is 3.41. The molecule has 1 spiro atoms. The van der Waals surface area contributed by atoms with Crippen molar-refractivity contribution in [2.75, 3.05) is 49.0 Å². The van der Waals surface area contributed by atoms with Crippen LogP contribution in [0.2, 0.25) is 5.02 Å². The Labute approximate surface area is 300 Å². The SMILES string of the molecule is C=S1(=O)C[C@@H](C)[C@@H](C)/C=C/[C@@](OC)(C2SCCCS2)[C@@H]2CC[C@H]2CN2C[C@@]3(CCCc4cc(Cl)ccc43)COc3ccc(cc32)C(=O)N1. The molecule has 10 heteroatoms. The summed E-state index contributed by atoms with van der Waals surface area (Å²) in [4.78, 5) is 16.2. The molecule has 2 aliphatic carbocycles. The van der Waals surface area contributed by atoms with Gasteiger partial charge in [0.15, 0.2) is 0 Å². The molecule has 7 atom stereocenters. The summed E-state index contributed by atoms with van der Waals surface area (Å²) in [7, 11) is -0.979. The Kier molecular flexibility index (Phi) is 9.92. The number of rotatable bonds is 2. The molecule has 2 aromatic carbocycles. The van der Waals surface area contributed by atoms with Crippen LogP contribution in [0.3, 0.4) is 0 Å². The molecule has 6 nitrogen and oxygen atoms in total. The van der Waals surface area contributed by atoms with Gasteiger partial charge in [0.25, 0.3) is 5.91 Å². The van der Waals surface area contributed by atoms with Gasteiger partial charge >= 0.3 is 0 Å². The average Bonchev–Trinajstić information content (AvgIpc) is 3.21. The van der Waals surface area contributed by atoms with Crippen LogP contribution in [-0.4, -0.2) is 70.2 Å². The molecule has 1 unspecified atom stereocenters. The molecule has 1 N–H and O–H groups in total. The largest absolute Gasteiger partial charge is 0.490 e. The number of nitrogens with one attached hydrogen (secondary N) is 1. The lowest BCUT2D eigenvalue weighted by Gasteiger charge is -2.53. The van der Waals surface area contributed by atoms with Crippen molar-refractivity contribution < 1.29 is 18.5 Å². The number of aryl methyl sites for hydroxylation is 1. The Balaban J connectivity index is 1.34. The molecule has 0 radical (unpaired) electrons. The lowest BCUT2D eigenvalue weighted by atomic mass is 9.64. The molecule has 1 saturated heterocycles. The predicted octanol–water partition coefficient (Wildman–Crippen LogP) is 7.62. The van der Waals surface area contributed by atoms with E-state index in [0.29, 0.717) is 34.3 Å². The fourth-order valence-corrected chi connectivity index (χ4v) is 14.0. The van der Waals surface area contributed by atoms with Crippen molar-refractivity contribution >= 4 is 62.3 Å². The van der Waals surface area contributed by atoms with E-state index in [1.54, 1.807) is 6.07 Å². The molecular formula is C38H49ClN2O4S3. The van der Waals surface area contributed by atoms with Gasteiger partial charge in [-0.15, -0.1) is 23.5 Å². The van der Waals surface area contributed by atoms with Gasteiger partial charge in [-0.05, 0) is 121 Å².